The molecular weight excluding hydrogens is 332 g/mol. The lowest BCUT2D eigenvalue weighted by atomic mass is 10.1. The molecule has 0 saturated heterocycles. The van der Waals surface area contributed by atoms with Gasteiger partial charge in [0.15, 0.2) is 5.82 Å². The number of nitrogens with zero attached hydrogens (tertiary/aromatic N) is 4. The second-order valence-electron chi connectivity index (χ2n) is 5.32. The van der Waals surface area contributed by atoms with E-state index in [1.165, 1.54) is 24.3 Å². The van der Waals surface area contributed by atoms with Crippen LogP contribution >= 0.6 is 0 Å². The highest BCUT2D eigenvalue weighted by atomic mass is 16.6. The lowest BCUT2D eigenvalue weighted by Crippen LogP contribution is -2.21. The average Bonchev–Trinajstić information content (AvgIpc) is 2.87. The van der Waals surface area contributed by atoms with E-state index < -0.39 is 21.2 Å². The summed E-state index contributed by atoms with van der Waals surface area (Å²) in [6.45, 7) is 0. The summed E-state index contributed by atoms with van der Waals surface area (Å²) >= 11 is 0. The first-order valence-electron chi connectivity index (χ1n) is 6.93. The maximum absolute atomic E-state index is 12.7. The molecule has 0 N–H and O–H groups in total. The van der Waals surface area contributed by atoms with E-state index in [2.05, 4.69) is 4.98 Å². The van der Waals surface area contributed by atoms with Crippen LogP contribution in [0.1, 0.15) is 16.2 Å². The van der Waals surface area contributed by atoms with Crippen molar-refractivity contribution in [1.82, 2.24) is 9.55 Å². The van der Waals surface area contributed by atoms with Gasteiger partial charge in [0.05, 0.1) is 32.0 Å². The van der Waals surface area contributed by atoms with Crippen molar-refractivity contribution in [3.63, 3.8) is 0 Å². The van der Waals surface area contributed by atoms with Crippen molar-refractivity contribution in [2.24, 2.45) is 0 Å². The highest BCUT2D eigenvalue weighted by Gasteiger charge is 2.32. The van der Waals surface area contributed by atoms with Crippen molar-refractivity contribution < 1.29 is 14.6 Å². The zero-order valence-electron chi connectivity index (χ0n) is 12.2. The van der Waals surface area contributed by atoms with Crippen molar-refractivity contribution in [3.8, 4) is 5.69 Å². The Kier molecular flexibility index (Phi) is 2.79. The molecule has 25 heavy (non-hydrogen) atoms. The molecule has 1 aromatic heterocycles. The molecule has 0 unspecified atom stereocenters. The fraction of sp³-hybridized carbons (Fsp3) is 0. The first-order chi connectivity index (χ1) is 11.9. The molecule has 0 saturated carbocycles. The summed E-state index contributed by atoms with van der Waals surface area (Å²) in [6.07, 6.45) is 0. The summed E-state index contributed by atoms with van der Waals surface area (Å²) < 4.78 is 1.02. The molecule has 4 rings (SSSR count). The van der Waals surface area contributed by atoms with E-state index in [0.29, 0.717) is 0 Å². The minimum Gasteiger partial charge on any atom is -0.285 e. The fourth-order valence-electron chi connectivity index (χ4n) is 2.80. The van der Waals surface area contributed by atoms with E-state index in [0.717, 1.165) is 16.7 Å². The van der Waals surface area contributed by atoms with Crippen LogP contribution in [0.15, 0.2) is 41.2 Å². The number of nitro groups is 2. The number of fused-ring (bicyclic) bond motifs is 4. The lowest BCUT2D eigenvalue weighted by Gasteiger charge is -2.05. The highest BCUT2D eigenvalue weighted by Crippen LogP contribution is 2.29. The van der Waals surface area contributed by atoms with Crippen molar-refractivity contribution in [1.29, 1.82) is 0 Å². The summed E-state index contributed by atoms with van der Waals surface area (Å²) in [5.41, 5.74) is -0.921. The van der Waals surface area contributed by atoms with Gasteiger partial charge in [0, 0.05) is 24.3 Å². The van der Waals surface area contributed by atoms with E-state index in [4.69, 9.17) is 0 Å². The van der Waals surface area contributed by atoms with Crippen LogP contribution < -0.4 is 5.56 Å². The molecule has 0 spiro atoms. The molecule has 0 atom stereocenters. The molecule has 0 aliphatic carbocycles. The zero-order valence-corrected chi connectivity index (χ0v) is 12.2. The fourth-order valence-corrected chi connectivity index (χ4v) is 2.80. The van der Waals surface area contributed by atoms with E-state index in [-0.39, 0.29) is 39.4 Å². The van der Waals surface area contributed by atoms with Crippen LogP contribution in [-0.4, -0.2) is 25.2 Å². The first kappa shape index (κ1) is 14.6. The number of nitro benzene ring substituents is 2. The largest absolute Gasteiger partial charge is 0.285 e. The SMILES string of the molecule is O=C1c2cc([N+](=O)[O-])ccc2-n2c1nc1ccc([N+](=O)[O-])cc1c2=O. The maximum atomic E-state index is 12.7. The third-order valence-corrected chi connectivity index (χ3v) is 3.94. The molecule has 0 fully saturated rings. The van der Waals surface area contributed by atoms with Gasteiger partial charge in [-0.2, -0.15) is 0 Å². The maximum Gasteiger partial charge on any atom is 0.270 e. The van der Waals surface area contributed by atoms with Crippen molar-refractivity contribution in [2.75, 3.05) is 0 Å². The van der Waals surface area contributed by atoms with Crippen molar-refractivity contribution in [3.05, 3.63) is 78.4 Å². The minimum absolute atomic E-state index is 0.0106. The van der Waals surface area contributed by atoms with Crippen LogP contribution in [0.5, 0.6) is 0 Å². The molecule has 0 amide bonds. The number of carbonyl (C=O) groups is 1. The van der Waals surface area contributed by atoms with Gasteiger partial charge in [-0.25, -0.2) is 4.98 Å². The predicted octanol–water partition coefficient (Wildman–Crippen LogP) is 1.75. The van der Waals surface area contributed by atoms with E-state index in [1.54, 1.807) is 0 Å². The normalized spacial score (nSPS) is 12.1. The summed E-state index contributed by atoms with van der Waals surface area (Å²) in [4.78, 5) is 49.8. The smallest absolute Gasteiger partial charge is 0.270 e. The topological polar surface area (TPSA) is 138 Å². The second-order valence-corrected chi connectivity index (χ2v) is 5.32. The molecule has 3 aromatic rings. The first-order valence-corrected chi connectivity index (χ1v) is 6.93. The lowest BCUT2D eigenvalue weighted by molar-refractivity contribution is -0.385. The molecule has 0 radical (unpaired) electrons. The number of benzene rings is 2. The number of non-ortho nitro benzene ring substituents is 2. The summed E-state index contributed by atoms with van der Waals surface area (Å²) in [5, 5.41) is 21.8. The molecule has 1 aliphatic heterocycles. The van der Waals surface area contributed by atoms with Crippen LogP contribution in [0, 0.1) is 20.2 Å². The van der Waals surface area contributed by atoms with E-state index in [9.17, 15) is 29.8 Å². The van der Waals surface area contributed by atoms with Gasteiger partial charge in [0.1, 0.15) is 0 Å². The van der Waals surface area contributed by atoms with Crippen LogP contribution in [0.3, 0.4) is 0 Å². The Hall–Kier alpha value is -3.95. The Bertz CT molecular complexity index is 1200. The highest BCUT2D eigenvalue weighted by molar-refractivity contribution is 6.13. The summed E-state index contributed by atoms with van der Waals surface area (Å²) in [5.74, 6) is -0.794. The van der Waals surface area contributed by atoms with Gasteiger partial charge < -0.3 is 0 Å². The quantitative estimate of drug-likeness (QED) is 0.401. The third kappa shape index (κ3) is 1.94. The molecule has 1 aliphatic rings. The Morgan fingerprint density at radius 1 is 0.920 bits per heavy atom. The Labute approximate surface area is 137 Å². The van der Waals surface area contributed by atoms with Crippen LogP contribution in [0.2, 0.25) is 0 Å². The van der Waals surface area contributed by atoms with Gasteiger partial charge in [-0.3, -0.25) is 34.4 Å². The van der Waals surface area contributed by atoms with Crippen LogP contribution in [-0.2, 0) is 0 Å². The van der Waals surface area contributed by atoms with Crippen LogP contribution in [0.25, 0.3) is 16.6 Å². The monoisotopic (exact) mass is 338 g/mol. The van der Waals surface area contributed by atoms with Crippen molar-refractivity contribution >= 4 is 28.1 Å². The number of rotatable bonds is 2. The van der Waals surface area contributed by atoms with Crippen molar-refractivity contribution in [2.45, 2.75) is 0 Å². The molecule has 10 heteroatoms. The number of aromatic nitrogens is 2. The van der Waals surface area contributed by atoms with E-state index in [1.807, 2.05) is 0 Å². The van der Waals surface area contributed by atoms with Gasteiger partial charge in [-0.15, -0.1) is 0 Å². The second kappa shape index (κ2) is 4.77. The predicted molar refractivity (Wildman–Crippen MR) is 84.1 cm³/mol. The molecule has 2 heterocycles. The van der Waals surface area contributed by atoms with Gasteiger partial charge in [0.25, 0.3) is 16.9 Å². The van der Waals surface area contributed by atoms with Crippen LogP contribution in [0.4, 0.5) is 11.4 Å². The molecule has 10 nitrogen and oxygen atoms in total. The number of hydrogen-bond acceptors (Lipinski definition) is 7. The number of carbonyl (C=O) groups excluding carboxylic acids is 1. The zero-order chi connectivity index (χ0) is 17.9. The summed E-state index contributed by atoms with van der Waals surface area (Å²) in [6, 6.07) is 7.10. The molecule has 122 valence electrons. The summed E-state index contributed by atoms with van der Waals surface area (Å²) in [7, 11) is 0. The van der Waals surface area contributed by atoms with E-state index >= 15 is 0 Å². The molecule has 2 aromatic carbocycles. The van der Waals surface area contributed by atoms with Gasteiger partial charge >= 0.3 is 0 Å². The standard InChI is InChI=1S/C15H6N4O6/c20-13-10-6-8(19(24)25)2-4-12(10)17-14(13)16-11-3-1-7(18(22)23)5-9(11)15(17)21/h1-6H. The molecular formula is C15H6N4O6. The average molecular weight is 338 g/mol. The third-order valence-electron chi connectivity index (χ3n) is 3.94. The molecule has 0 bridgehead atoms. The Morgan fingerprint density at radius 3 is 2.24 bits per heavy atom. The van der Waals surface area contributed by atoms with Gasteiger partial charge in [-0.1, -0.05) is 0 Å². The Balaban J connectivity index is 2.06. The number of hydrogen-bond donors (Lipinski definition) is 0. The van der Waals surface area contributed by atoms with Gasteiger partial charge in [0.2, 0.25) is 5.78 Å². The van der Waals surface area contributed by atoms with Gasteiger partial charge in [-0.05, 0) is 12.1 Å². The Morgan fingerprint density at radius 2 is 1.56 bits per heavy atom. The minimum atomic E-state index is -0.648. The number of ketones is 1.